The van der Waals surface area contributed by atoms with Crippen molar-refractivity contribution in [1.29, 1.82) is 0 Å². The standard InChI is InChI=1S/C30H39N3O5/c1-7-21(3)25(32-29(37)38-30(4,5)6)28(36)33(18-19-34)26(24-16-14-22(8-2)15-17-24)27(35)31-20-23-12-10-9-11-13-23/h2,9-17,21,25-26,34H,7,18-20H2,1,3-6H3,(H,31,35)(H,32,37). The second-order valence-electron chi connectivity index (χ2n) is 10.1. The van der Waals surface area contributed by atoms with Crippen LogP contribution in [0, 0.1) is 18.3 Å². The van der Waals surface area contributed by atoms with E-state index in [-0.39, 0.29) is 25.6 Å². The van der Waals surface area contributed by atoms with E-state index in [1.54, 1.807) is 45.0 Å². The number of nitrogens with one attached hydrogen (secondary N) is 2. The smallest absolute Gasteiger partial charge is 0.408 e. The molecule has 0 aliphatic carbocycles. The van der Waals surface area contributed by atoms with Gasteiger partial charge in [0.05, 0.1) is 6.61 Å². The Hall–Kier alpha value is -3.83. The summed E-state index contributed by atoms with van der Waals surface area (Å²) in [6.45, 7) is 8.69. The summed E-state index contributed by atoms with van der Waals surface area (Å²) in [5, 5.41) is 15.5. The summed E-state index contributed by atoms with van der Waals surface area (Å²) in [7, 11) is 0. The van der Waals surface area contributed by atoms with E-state index >= 15 is 0 Å². The summed E-state index contributed by atoms with van der Waals surface area (Å²) in [6, 6.07) is 14.1. The van der Waals surface area contributed by atoms with Gasteiger partial charge in [-0.3, -0.25) is 9.59 Å². The molecule has 3 amide bonds. The van der Waals surface area contributed by atoms with Gasteiger partial charge in [0, 0.05) is 18.7 Å². The maximum Gasteiger partial charge on any atom is 0.408 e. The predicted octanol–water partition coefficient (Wildman–Crippen LogP) is 3.79. The number of benzene rings is 2. The first-order valence-corrected chi connectivity index (χ1v) is 12.8. The van der Waals surface area contributed by atoms with Crippen molar-refractivity contribution in [3.63, 3.8) is 0 Å². The van der Waals surface area contributed by atoms with Crippen LogP contribution in [0.25, 0.3) is 0 Å². The van der Waals surface area contributed by atoms with Crippen molar-refractivity contribution >= 4 is 17.9 Å². The molecule has 3 N–H and O–H groups in total. The lowest BCUT2D eigenvalue weighted by atomic mass is 9.95. The van der Waals surface area contributed by atoms with Gasteiger partial charge < -0.3 is 25.4 Å². The molecular weight excluding hydrogens is 482 g/mol. The zero-order valence-corrected chi connectivity index (χ0v) is 22.9. The second-order valence-corrected chi connectivity index (χ2v) is 10.1. The third-order valence-corrected chi connectivity index (χ3v) is 6.04. The average Bonchev–Trinajstić information content (AvgIpc) is 2.89. The maximum absolute atomic E-state index is 14.0. The van der Waals surface area contributed by atoms with E-state index in [0.717, 1.165) is 5.56 Å². The van der Waals surface area contributed by atoms with Crippen LogP contribution in [0.4, 0.5) is 4.79 Å². The molecule has 0 fully saturated rings. The fourth-order valence-corrected chi connectivity index (χ4v) is 3.89. The molecule has 0 radical (unpaired) electrons. The molecule has 0 aliphatic heterocycles. The highest BCUT2D eigenvalue weighted by atomic mass is 16.6. The van der Waals surface area contributed by atoms with Crippen molar-refractivity contribution in [2.45, 2.75) is 65.3 Å². The molecule has 3 atom stereocenters. The van der Waals surface area contributed by atoms with Crippen LogP contribution in [0.15, 0.2) is 54.6 Å². The molecule has 0 aromatic heterocycles. The van der Waals surface area contributed by atoms with Crippen LogP contribution in [0.1, 0.15) is 63.8 Å². The Morgan fingerprint density at radius 2 is 1.71 bits per heavy atom. The normalized spacial score (nSPS) is 13.4. The molecule has 8 nitrogen and oxygen atoms in total. The number of carbonyl (C=O) groups excluding carboxylic acids is 3. The van der Waals surface area contributed by atoms with Crippen LogP contribution in [0.3, 0.4) is 0 Å². The van der Waals surface area contributed by atoms with Gasteiger partial charge in [0.15, 0.2) is 0 Å². The van der Waals surface area contributed by atoms with E-state index in [1.165, 1.54) is 4.90 Å². The number of nitrogens with zero attached hydrogens (tertiary/aromatic N) is 1. The maximum atomic E-state index is 14.0. The van der Waals surface area contributed by atoms with Crippen LogP contribution in [0.2, 0.25) is 0 Å². The molecular formula is C30H39N3O5. The van der Waals surface area contributed by atoms with E-state index < -0.39 is 35.6 Å². The summed E-state index contributed by atoms with van der Waals surface area (Å²) in [6.07, 6.45) is 5.35. The summed E-state index contributed by atoms with van der Waals surface area (Å²) in [5.74, 6) is 1.35. The lowest BCUT2D eigenvalue weighted by molar-refractivity contribution is -0.144. The molecule has 38 heavy (non-hydrogen) atoms. The number of amides is 3. The summed E-state index contributed by atoms with van der Waals surface area (Å²) in [4.78, 5) is 41.5. The van der Waals surface area contributed by atoms with Gasteiger partial charge in [-0.15, -0.1) is 6.42 Å². The largest absolute Gasteiger partial charge is 0.444 e. The fraction of sp³-hybridized carbons (Fsp3) is 0.433. The van der Waals surface area contributed by atoms with Crippen LogP contribution >= 0.6 is 0 Å². The van der Waals surface area contributed by atoms with Gasteiger partial charge in [-0.1, -0.05) is 68.7 Å². The topological polar surface area (TPSA) is 108 Å². The average molecular weight is 522 g/mol. The number of ether oxygens (including phenoxy) is 1. The highest BCUT2D eigenvalue weighted by molar-refractivity contribution is 5.92. The molecule has 0 saturated heterocycles. The van der Waals surface area contributed by atoms with Crippen LogP contribution in [-0.4, -0.2) is 52.7 Å². The first-order valence-electron chi connectivity index (χ1n) is 12.8. The van der Waals surface area contributed by atoms with E-state index in [9.17, 15) is 19.5 Å². The van der Waals surface area contributed by atoms with Gasteiger partial charge >= 0.3 is 6.09 Å². The van der Waals surface area contributed by atoms with Crippen LogP contribution in [-0.2, 0) is 20.9 Å². The zero-order valence-electron chi connectivity index (χ0n) is 22.9. The monoisotopic (exact) mass is 521 g/mol. The molecule has 2 aromatic rings. The molecule has 2 rings (SSSR count). The van der Waals surface area contributed by atoms with Crippen LogP contribution in [0.5, 0.6) is 0 Å². The van der Waals surface area contributed by atoms with Gasteiger partial charge in [-0.2, -0.15) is 0 Å². The van der Waals surface area contributed by atoms with Crippen molar-refractivity contribution < 1.29 is 24.2 Å². The summed E-state index contributed by atoms with van der Waals surface area (Å²) in [5.41, 5.74) is 1.29. The number of aliphatic hydroxyl groups is 1. The summed E-state index contributed by atoms with van der Waals surface area (Å²) >= 11 is 0. The highest BCUT2D eigenvalue weighted by Crippen LogP contribution is 2.25. The predicted molar refractivity (Wildman–Crippen MR) is 147 cm³/mol. The van der Waals surface area contributed by atoms with Crippen molar-refractivity contribution in [3.8, 4) is 12.3 Å². The lowest BCUT2D eigenvalue weighted by Gasteiger charge is -2.35. The second kappa shape index (κ2) is 14.2. The quantitative estimate of drug-likeness (QED) is 0.390. The lowest BCUT2D eigenvalue weighted by Crippen LogP contribution is -2.55. The minimum atomic E-state index is -1.07. The molecule has 3 unspecified atom stereocenters. The Morgan fingerprint density at radius 1 is 1.08 bits per heavy atom. The van der Waals surface area contributed by atoms with E-state index in [2.05, 4.69) is 16.6 Å². The van der Waals surface area contributed by atoms with E-state index in [4.69, 9.17) is 11.2 Å². The Bertz CT molecular complexity index is 1100. The van der Waals surface area contributed by atoms with Gasteiger partial charge in [0.25, 0.3) is 0 Å². The number of aliphatic hydroxyl groups excluding tert-OH is 1. The number of carbonyl (C=O) groups is 3. The van der Waals surface area contributed by atoms with E-state index in [0.29, 0.717) is 17.5 Å². The molecule has 8 heteroatoms. The number of terminal acetylenes is 1. The van der Waals surface area contributed by atoms with Gasteiger partial charge in [0.1, 0.15) is 17.7 Å². The molecule has 0 bridgehead atoms. The SMILES string of the molecule is C#Cc1ccc(C(C(=O)NCc2ccccc2)N(CCO)C(=O)C(NC(=O)OC(C)(C)C)C(C)CC)cc1. The molecule has 0 saturated carbocycles. The number of hydrogen-bond donors (Lipinski definition) is 3. The number of alkyl carbamates (subject to hydrolysis) is 1. The van der Waals surface area contributed by atoms with Crippen molar-refractivity contribution in [2.24, 2.45) is 5.92 Å². The van der Waals surface area contributed by atoms with Crippen molar-refractivity contribution in [3.05, 3.63) is 71.3 Å². The van der Waals surface area contributed by atoms with Crippen LogP contribution < -0.4 is 10.6 Å². The first kappa shape index (κ1) is 30.4. The molecule has 0 spiro atoms. The molecule has 0 heterocycles. The highest BCUT2D eigenvalue weighted by Gasteiger charge is 2.37. The number of hydrogen-bond acceptors (Lipinski definition) is 5. The minimum Gasteiger partial charge on any atom is -0.444 e. The molecule has 0 aliphatic rings. The Morgan fingerprint density at radius 3 is 2.24 bits per heavy atom. The van der Waals surface area contributed by atoms with Gasteiger partial charge in [-0.05, 0) is 49.9 Å². The number of rotatable bonds is 11. The van der Waals surface area contributed by atoms with Crippen molar-refractivity contribution in [2.75, 3.05) is 13.2 Å². The Balaban J connectivity index is 2.46. The fourth-order valence-electron chi connectivity index (χ4n) is 3.89. The van der Waals surface area contributed by atoms with Crippen molar-refractivity contribution in [1.82, 2.24) is 15.5 Å². The minimum absolute atomic E-state index is 0.123. The Labute approximate surface area is 225 Å². The third-order valence-electron chi connectivity index (χ3n) is 6.04. The summed E-state index contributed by atoms with van der Waals surface area (Å²) < 4.78 is 5.39. The zero-order chi connectivity index (χ0) is 28.3. The Kier molecular flexibility index (Phi) is 11.4. The van der Waals surface area contributed by atoms with Gasteiger partial charge in [-0.25, -0.2) is 4.79 Å². The molecule has 204 valence electrons. The third kappa shape index (κ3) is 8.93. The van der Waals surface area contributed by atoms with Gasteiger partial charge in [0.2, 0.25) is 11.8 Å². The van der Waals surface area contributed by atoms with E-state index in [1.807, 2.05) is 44.2 Å². The molecule has 2 aromatic carbocycles. The first-order chi connectivity index (χ1) is 18.0.